The zero-order valence-electron chi connectivity index (χ0n) is 9.24. The zero-order valence-corrected chi connectivity index (χ0v) is 10.00. The number of para-hydroxylation sites is 1. The second kappa shape index (κ2) is 4.34. The summed E-state index contributed by atoms with van der Waals surface area (Å²) in [4.78, 5) is 14.1. The van der Waals surface area contributed by atoms with Crippen LogP contribution in [-0.4, -0.2) is 23.4 Å². The van der Waals surface area contributed by atoms with Gasteiger partial charge in [0.2, 0.25) is 0 Å². The molecule has 2 N–H and O–H groups in total. The normalized spacial score (nSPS) is 20.1. The molecule has 1 aliphatic rings. The summed E-state index contributed by atoms with van der Waals surface area (Å²) in [5.74, 6) is -0.00926. The summed E-state index contributed by atoms with van der Waals surface area (Å²) >= 11 is 5.91. The van der Waals surface area contributed by atoms with Gasteiger partial charge >= 0.3 is 0 Å². The lowest BCUT2D eigenvalue weighted by atomic mass is 10.1. The Morgan fingerprint density at radius 2 is 2.31 bits per heavy atom. The molecule has 0 aromatic heterocycles. The average Bonchev–Trinajstić information content (AvgIpc) is 2.68. The van der Waals surface area contributed by atoms with Crippen LogP contribution in [0.15, 0.2) is 18.2 Å². The first-order chi connectivity index (χ1) is 7.61. The minimum absolute atomic E-state index is 0.00926. The molecular weight excluding hydrogens is 224 g/mol. The molecule has 0 bridgehead atoms. The van der Waals surface area contributed by atoms with Crippen LogP contribution in [0.3, 0.4) is 0 Å². The average molecular weight is 239 g/mol. The molecule has 86 valence electrons. The van der Waals surface area contributed by atoms with Gasteiger partial charge in [0.15, 0.2) is 0 Å². The highest BCUT2D eigenvalue weighted by Crippen LogP contribution is 2.26. The summed E-state index contributed by atoms with van der Waals surface area (Å²) in [5.41, 5.74) is 6.71. The molecule has 1 saturated heterocycles. The standard InChI is InChI=1S/C12H15ClN2O/c1-8-4-3-7-15(8)12(16)9-5-2-6-10(13)11(9)14/h2,5-6,8H,3-4,7,14H2,1H3. The predicted molar refractivity (Wildman–Crippen MR) is 65.6 cm³/mol. The number of rotatable bonds is 1. The Hall–Kier alpha value is -1.22. The monoisotopic (exact) mass is 238 g/mol. The van der Waals surface area contributed by atoms with Crippen molar-refractivity contribution >= 4 is 23.2 Å². The van der Waals surface area contributed by atoms with Crippen molar-refractivity contribution < 1.29 is 4.79 Å². The smallest absolute Gasteiger partial charge is 0.256 e. The van der Waals surface area contributed by atoms with Crippen molar-refractivity contribution in [3.05, 3.63) is 28.8 Å². The summed E-state index contributed by atoms with van der Waals surface area (Å²) in [6.45, 7) is 2.87. The number of nitrogens with zero attached hydrogens (tertiary/aromatic N) is 1. The lowest BCUT2D eigenvalue weighted by molar-refractivity contribution is 0.0748. The third-order valence-electron chi connectivity index (χ3n) is 3.10. The van der Waals surface area contributed by atoms with Gasteiger partial charge in [-0.25, -0.2) is 0 Å². The highest BCUT2D eigenvalue weighted by Gasteiger charge is 2.27. The van der Waals surface area contributed by atoms with Crippen LogP contribution in [0.4, 0.5) is 5.69 Å². The van der Waals surface area contributed by atoms with Crippen molar-refractivity contribution in [1.82, 2.24) is 4.90 Å². The summed E-state index contributed by atoms with van der Waals surface area (Å²) in [7, 11) is 0. The number of anilines is 1. The van der Waals surface area contributed by atoms with Gasteiger partial charge in [-0.2, -0.15) is 0 Å². The van der Waals surface area contributed by atoms with Crippen LogP contribution < -0.4 is 5.73 Å². The second-order valence-electron chi connectivity index (χ2n) is 4.19. The van der Waals surface area contributed by atoms with Gasteiger partial charge in [0.1, 0.15) is 0 Å². The second-order valence-corrected chi connectivity index (χ2v) is 4.60. The lowest BCUT2D eigenvalue weighted by Crippen LogP contribution is -2.34. The lowest BCUT2D eigenvalue weighted by Gasteiger charge is -2.22. The Labute approximate surface area is 100 Å². The number of nitrogen functional groups attached to an aromatic ring is 1. The maximum absolute atomic E-state index is 12.2. The maximum atomic E-state index is 12.2. The van der Waals surface area contributed by atoms with Crippen molar-refractivity contribution in [2.24, 2.45) is 0 Å². The fraction of sp³-hybridized carbons (Fsp3) is 0.417. The largest absolute Gasteiger partial charge is 0.397 e. The molecule has 0 aliphatic carbocycles. The van der Waals surface area contributed by atoms with Crippen molar-refractivity contribution in [3.8, 4) is 0 Å². The zero-order chi connectivity index (χ0) is 11.7. The molecule has 1 fully saturated rings. The number of carbonyl (C=O) groups is 1. The summed E-state index contributed by atoms with van der Waals surface area (Å²) in [6.07, 6.45) is 2.12. The SMILES string of the molecule is CC1CCCN1C(=O)c1cccc(Cl)c1N. The van der Waals surface area contributed by atoms with Crippen LogP contribution in [0.25, 0.3) is 0 Å². The quantitative estimate of drug-likeness (QED) is 0.765. The van der Waals surface area contributed by atoms with E-state index in [1.165, 1.54) is 0 Å². The van der Waals surface area contributed by atoms with E-state index in [0.717, 1.165) is 19.4 Å². The van der Waals surface area contributed by atoms with Gasteiger partial charge in [-0.3, -0.25) is 4.79 Å². The van der Waals surface area contributed by atoms with E-state index < -0.39 is 0 Å². The minimum atomic E-state index is -0.00926. The highest BCUT2D eigenvalue weighted by atomic mass is 35.5. The molecule has 4 heteroatoms. The van der Waals surface area contributed by atoms with Gasteiger partial charge in [-0.05, 0) is 31.9 Å². The van der Waals surface area contributed by atoms with Gasteiger partial charge in [0.05, 0.1) is 16.3 Å². The Bertz CT molecular complexity index is 419. The number of halogens is 1. The minimum Gasteiger partial charge on any atom is -0.397 e. The van der Waals surface area contributed by atoms with Crippen LogP contribution in [-0.2, 0) is 0 Å². The molecule has 2 rings (SSSR count). The van der Waals surface area contributed by atoms with Crippen molar-refractivity contribution in [2.75, 3.05) is 12.3 Å². The Morgan fingerprint density at radius 1 is 1.56 bits per heavy atom. The number of likely N-dealkylation sites (tertiary alicyclic amines) is 1. The molecule has 1 atom stereocenters. The fourth-order valence-corrected chi connectivity index (χ4v) is 2.29. The molecular formula is C12H15ClN2O. The number of hydrogen-bond acceptors (Lipinski definition) is 2. The van der Waals surface area contributed by atoms with Crippen LogP contribution in [0.2, 0.25) is 5.02 Å². The van der Waals surface area contributed by atoms with Crippen molar-refractivity contribution in [3.63, 3.8) is 0 Å². The molecule has 0 saturated carbocycles. The van der Waals surface area contributed by atoms with Crippen LogP contribution in [0, 0.1) is 0 Å². The third kappa shape index (κ3) is 1.87. The van der Waals surface area contributed by atoms with E-state index in [-0.39, 0.29) is 5.91 Å². The van der Waals surface area contributed by atoms with Gasteiger partial charge in [0.25, 0.3) is 5.91 Å². The number of benzene rings is 1. The van der Waals surface area contributed by atoms with E-state index in [0.29, 0.717) is 22.3 Å². The van der Waals surface area contributed by atoms with Crippen LogP contribution in [0.1, 0.15) is 30.1 Å². The van der Waals surface area contributed by atoms with E-state index in [9.17, 15) is 4.79 Å². The van der Waals surface area contributed by atoms with E-state index in [1.807, 2.05) is 4.90 Å². The summed E-state index contributed by atoms with van der Waals surface area (Å²) in [5, 5.41) is 0.442. The Balaban J connectivity index is 2.30. The molecule has 1 aromatic carbocycles. The first-order valence-corrected chi connectivity index (χ1v) is 5.84. The molecule has 1 aromatic rings. The van der Waals surface area contributed by atoms with Crippen molar-refractivity contribution in [2.45, 2.75) is 25.8 Å². The highest BCUT2D eigenvalue weighted by molar-refractivity contribution is 6.33. The fourth-order valence-electron chi connectivity index (χ4n) is 2.11. The van der Waals surface area contributed by atoms with Gasteiger partial charge < -0.3 is 10.6 Å². The number of nitrogens with two attached hydrogens (primary N) is 1. The molecule has 3 nitrogen and oxygen atoms in total. The first-order valence-electron chi connectivity index (χ1n) is 5.46. The molecule has 1 aliphatic heterocycles. The van der Waals surface area contributed by atoms with E-state index >= 15 is 0 Å². The van der Waals surface area contributed by atoms with Gasteiger partial charge in [-0.15, -0.1) is 0 Å². The maximum Gasteiger partial charge on any atom is 0.256 e. The topological polar surface area (TPSA) is 46.3 Å². The number of hydrogen-bond donors (Lipinski definition) is 1. The Morgan fingerprint density at radius 3 is 2.94 bits per heavy atom. The van der Waals surface area contributed by atoms with E-state index in [1.54, 1.807) is 18.2 Å². The van der Waals surface area contributed by atoms with E-state index in [2.05, 4.69) is 6.92 Å². The van der Waals surface area contributed by atoms with Gasteiger partial charge in [0, 0.05) is 12.6 Å². The predicted octanol–water partition coefficient (Wildman–Crippen LogP) is 2.55. The van der Waals surface area contributed by atoms with Crippen LogP contribution >= 0.6 is 11.6 Å². The Kier molecular flexibility index (Phi) is 3.06. The van der Waals surface area contributed by atoms with Crippen molar-refractivity contribution in [1.29, 1.82) is 0 Å². The van der Waals surface area contributed by atoms with Gasteiger partial charge in [-0.1, -0.05) is 17.7 Å². The van der Waals surface area contributed by atoms with E-state index in [4.69, 9.17) is 17.3 Å². The summed E-state index contributed by atoms with van der Waals surface area (Å²) in [6, 6.07) is 5.48. The third-order valence-corrected chi connectivity index (χ3v) is 3.43. The number of amides is 1. The molecule has 0 radical (unpaired) electrons. The number of carbonyl (C=O) groups excluding carboxylic acids is 1. The molecule has 1 heterocycles. The molecule has 1 unspecified atom stereocenters. The first kappa shape index (κ1) is 11.3. The van der Waals surface area contributed by atoms with Crippen LogP contribution in [0.5, 0.6) is 0 Å². The molecule has 0 spiro atoms. The molecule has 1 amide bonds. The molecule has 16 heavy (non-hydrogen) atoms. The summed E-state index contributed by atoms with van der Waals surface area (Å²) < 4.78 is 0.